The predicted octanol–water partition coefficient (Wildman–Crippen LogP) is 3.37. The maximum atomic E-state index is 12.7. The minimum atomic E-state index is -0.487. The second-order valence-corrected chi connectivity index (χ2v) is 7.77. The molecule has 0 bridgehead atoms. The minimum Gasteiger partial charge on any atom is -0.462 e. The number of hydrogen-bond acceptors (Lipinski definition) is 7. The predicted molar refractivity (Wildman–Crippen MR) is 117 cm³/mol. The Morgan fingerprint density at radius 3 is 2.71 bits per heavy atom. The molecule has 2 aromatic heterocycles. The Hall–Kier alpha value is -3.59. The van der Waals surface area contributed by atoms with Gasteiger partial charge in [-0.15, -0.1) is 11.3 Å². The SMILES string of the molecule is CCOC(=O)c1ccc(N2CC(C(=O)Nc3nc(-c4ccccn4)cs3)CC2=O)cc1. The van der Waals surface area contributed by atoms with E-state index in [2.05, 4.69) is 15.3 Å². The van der Waals surface area contributed by atoms with Crippen LogP contribution in [0.2, 0.25) is 0 Å². The van der Waals surface area contributed by atoms with Crippen LogP contribution in [0.25, 0.3) is 11.4 Å². The lowest BCUT2D eigenvalue weighted by molar-refractivity contribution is -0.122. The molecule has 1 aliphatic rings. The highest BCUT2D eigenvalue weighted by molar-refractivity contribution is 7.14. The highest BCUT2D eigenvalue weighted by Gasteiger charge is 2.35. The van der Waals surface area contributed by atoms with E-state index in [0.717, 1.165) is 5.69 Å². The summed E-state index contributed by atoms with van der Waals surface area (Å²) >= 11 is 1.31. The van der Waals surface area contributed by atoms with Crippen LogP contribution in [0.5, 0.6) is 0 Å². The fourth-order valence-corrected chi connectivity index (χ4v) is 4.00. The molecular weight excluding hydrogens is 416 g/mol. The molecule has 1 aliphatic heterocycles. The summed E-state index contributed by atoms with van der Waals surface area (Å²) in [7, 11) is 0. The van der Waals surface area contributed by atoms with Crippen LogP contribution < -0.4 is 10.2 Å². The highest BCUT2D eigenvalue weighted by Crippen LogP contribution is 2.28. The summed E-state index contributed by atoms with van der Waals surface area (Å²) in [5, 5.41) is 5.10. The van der Waals surface area contributed by atoms with Gasteiger partial charge in [0.1, 0.15) is 5.69 Å². The Morgan fingerprint density at radius 1 is 1.19 bits per heavy atom. The Kier molecular flexibility index (Phi) is 6.03. The molecule has 0 spiro atoms. The van der Waals surface area contributed by atoms with Crippen LogP contribution in [0.3, 0.4) is 0 Å². The molecule has 1 saturated heterocycles. The van der Waals surface area contributed by atoms with Crippen molar-refractivity contribution in [3.63, 3.8) is 0 Å². The van der Waals surface area contributed by atoms with E-state index >= 15 is 0 Å². The molecule has 1 fully saturated rings. The Morgan fingerprint density at radius 2 is 2.00 bits per heavy atom. The van der Waals surface area contributed by atoms with Gasteiger partial charge in [-0.3, -0.25) is 14.6 Å². The van der Waals surface area contributed by atoms with Crippen molar-refractivity contribution in [3.8, 4) is 11.4 Å². The van der Waals surface area contributed by atoms with Crippen LogP contribution in [0, 0.1) is 5.92 Å². The lowest BCUT2D eigenvalue weighted by atomic mass is 10.1. The van der Waals surface area contributed by atoms with Crippen molar-refractivity contribution in [2.45, 2.75) is 13.3 Å². The summed E-state index contributed by atoms with van der Waals surface area (Å²) in [6.45, 7) is 2.30. The van der Waals surface area contributed by atoms with Crippen molar-refractivity contribution >= 4 is 39.9 Å². The first-order valence-corrected chi connectivity index (χ1v) is 10.7. The maximum absolute atomic E-state index is 12.7. The fraction of sp³-hybridized carbons (Fsp3) is 0.227. The zero-order valence-corrected chi connectivity index (χ0v) is 17.6. The number of hydrogen-bond donors (Lipinski definition) is 1. The van der Waals surface area contributed by atoms with Gasteiger partial charge in [0.05, 0.1) is 23.8 Å². The molecule has 0 radical (unpaired) electrons. The lowest BCUT2D eigenvalue weighted by Gasteiger charge is -2.17. The molecule has 4 rings (SSSR count). The summed E-state index contributed by atoms with van der Waals surface area (Å²) in [6.07, 6.45) is 1.80. The molecule has 8 nitrogen and oxygen atoms in total. The number of nitrogens with one attached hydrogen (secondary N) is 1. The first-order chi connectivity index (χ1) is 15.0. The van der Waals surface area contributed by atoms with Gasteiger partial charge in [0, 0.05) is 30.2 Å². The van der Waals surface area contributed by atoms with Gasteiger partial charge >= 0.3 is 5.97 Å². The molecule has 158 valence electrons. The molecule has 0 aliphatic carbocycles. The molecular formula is C22H20N4O4S. The number of esters is 1. The number of aromatic nitrogens is 2. The summed E-state index contributed by atoms with van der Waals surface area (Å²) < 4.78 is 4.97. The largest absolute Gasteiger partial charge is 0.462 e. The third-order valence-corrected chi connectivity index (χ3v) is 5.61. The van der Waals surface area contributed by atoms with Crippen LogP contribution in [0.4, 0.5) is 10.8 Å². The summed E-state index contributed by atoms with van der Waals surface area (Å²) in [5.74, 6) is -1.29. The van der Waals surface area contributed by atoms with Crippen molar-refractivity contribution in [3.05, 3.63) is 59.6 Å². The number of ether oxygens (including phenoxy) is 1. The van der Waals surface area contributed by atoms with E-state index in [1.165, 1.54) is 11.3 Å². The van der Waals surface area contributed by atoms with Gasteiger partial charge in [-0.2, -0.15) is 0 Å². The third kappa shape index (κ3) is 4.61. The average molecular weight is 436 g/mol. The summed E-state index contributed by atoms with van der Waals surface area (Å²) in [6, 6.07) is 12.1. The zero-order valence-electron chi connectivity index (χ0n) is 16.8. The van der Waals surface area contributed by atoms with Crippen LogP contribution in [0.15, 0.2) is 54.0 Å². The molecule has 1 atom stereocenters. The van der Waals surface area contributed by atoms with Crippen LogP contribution >= 0.6 is 11.3 Å². The van der Waals surface area contributed by atoms with E-state index < -0.39 is 11.9 Å². The van der Waals surface area contributed by atoms with E-state index in [9.17, 15) is 14.4 Å². The molecule has 3 heterocycles. The van der Waals surface area contributed by atoms with Crippen LogP contribution in [-0.2, 0) is 14.3 Å². The summed E-state index contributed by atoms with van der Waals surface area (Å²) in [4.78, 5) is 47.2. The maximum Gasteiger partial charge on any atom is 0.338 e. The standard InChI is InChI=1S/C22H20N4O4S/c1-2-30-21(29)14-6-8-16(9-7-14)26-12-15(11-19(26)27)20(28)25-22-24-18(13-31-22)17-5-3-4-10-23-17/h3-10,13,15H,2,11-12H2,1H3,(H,24,25,28). The second-order valence-electron chi connectivity index (χ2n) is 6.91. The van der Waals surface area contributed by atoms with E-state index in [1.807, 2.05) is 23.6 Å². The Bertz CT molecular complexity index is 1100. The number of amides is 2. The number of thiazole rings is 1. The molecule has 1 N–H and O–H groups in total. The molecule has 1 aromatic carbocycles. The van der Waals surface area contributed by atoms with Crippen molar-refractivity contribution in [1.29, 1.82) is 0 Å². The van der Waals surface area contributed by atoms with E-state index in [4.69, 9.17) is 4.74 Å². The van der Waals surface area contributed by atoms with Gasteiger partial charge in [0.25, 0.3) is 0 Å². The van der Waals surface area contributed by atoms with Gasteiger partial charge in [-0.25, -0.2) is 9.78 Å². The number of anilines is 2. The number of rotatable bonds is 6. The van der Waals surface area contributed by atoms with Gasteiger partial charge in [-0.05, 0) is 43.3 Å². The Labute approximate surface area is 182 Å². The molecule has 3 aromatic rings. The normalized spacial score (nSPS) is 15.7. The van der Waals surface area contributed by atoms with E-state index in [1.54, 1.807) is 42.3 Å². The number of pyridine rings is 1. The third-order valence-electron chi connectivity index (χ3n) is 4.85. The van der Waals surface area contributed by atoms with Gasteiger partial charge in [-0.1, -0.05) is 6.07 Å². The van der Waals surface area contributed by atoms with Gasteiger partial charge in [0.2, 0.25) is 11.8 Å². The van der Waals surface area contributed by atoms with Crippen molar-refractivity contribution in [2.75, 3.05) is 23.4 Å². The number of benzene rings is 1. The monoisotopic (exact) mass is 436 g/mol. The van der Waals surface area contributed by atoms with E-state index in [0.29, 0.717) is 28.7 Å². The molecule has 1 unspecified atom stereocenters. The minimum absolute atomic E-state index is 0.115. The first-order valence-electron chi connectivity index (χ1n) is 9.80. The van der Waals surface area contributed by atoms with E-state index in [-0.39, 0.29) is 24.8 Å². The zero-order chi connectivity index (χ0) is 21.8. The van der Waals surface area contributed by atoms with Crippen LogP contribution in [0.1, 0.15) is 23.7 Å². The lowest BCUT2D eigenvalue weighted by Crippen LogP contribution is -2.28. The smallest absolute Gasteiger partial charge is 0.338 e. The average Bonchev–Trinajstić information content (AvgIpc) is 3.41. The molecule has 2 amide bonds. The molecule has 9 heteroatoms. The van der Waals surface area contributed by atoms with Crippen molar-refractivity contribution in [1.82, 2.24) is 9.97 Å². The van der Waals surface area contributed by atoms with Gasteiger partial charge in [0.15, 0.2) is 5.13 Å². The Balaban J connectivity index is 1.39. The highest BCUT2D eigenvalue weighted by atomic mass is 32.1. The molecule has 0 saturated carbocycles. The quantitative estimate of drug-likeness (QED) is 0.595. The topological polar surface area (TPSA) is 101 Å². The van der Waals surface area contributed by atoms with Crippen molar-refractivity contribution in [2.24, 2.45) is 5.92 Å². The number of carbonyl (C=O) groups excluding carboxylic acids is 3. The number of carbonyl (C=O) groups is 3. The number of nitrogens with zero attached hydrogens (tertiary/aromatic N) is 3. The summed E-state index contributed by atoms with van der Waals surface area (Å²) in [5.41, 5.74) is 2.47. The second kappa shape index (κ2) is 9.05. The van der Waals surface area contributed by atoms with Crippen molar-refractivity contribution < 1.29 is 19.1 Å². The first kappa shape index (κ1) is 20.7. The van der Waals surface area contributed by atoms with Gasteiger partial charge < -0.3 is 15.0 Å². The molecule has 31 heavy (non-hydrogen) atoms. The van der Waals surface area contributed by atoms with Crippen LogP contribution in [-0.4, -0.2) is 40.9 Å². The fourth-order valence-electron chi connectivity index (χ4n) is 3.30.